The molecule has 17 heavy (non-hydrogen) atoms. The summed E-state index contributed by atoms with van der Waals surface area (Å²) < 4.78 is 0. The van der Waals surface area contributed by atoms with E-state index in [1.165, 1.54) is 31.2 Å². The van der Waals surface area contributed by atoms with Crippen LogP contribution < -0.4 is 5.32 Å². The first-order chi connectivity index (χ1) is 8.29. The number of phenols is 1. The predicted molar refractivity (Wildman–Crippen MR) is 71.2 cm³/mol. The summed E-state index contributed by atoms with van der Waals surface area (Å²) in [7, 11) is 0. The number of nitrogens with one attached hydrogen (secondary N) is 1. The van der Waals surface area contributed by atoms with E-state index in [1.807, 2.05) is 12.1 Å². The molecule has 1 atom stereocenters. The molecule has 1 aliphatic carbocycles. The van der Waals surface area contributed by atoms with Crippen molar-refractivity contribution < 1.29 is 5.11 Å². The zero-order chi connectivity index (χ0) is 12.1. The van der Waals surface area contributed by atoms with Gasteiger partial charge in [-0.2, -0.15) is 0 Å². The lowest BCUT2D eigenvalue weighted by atomic mass is 10.0. The summed E-state index contributed by atoms with van der Waals surface area (Å²) in [4.78, 5) is 0. The molecule has 0 saturated heterocycles. The van der Waals surface area contributed by atoms with Crippen LogP contribution in [0.5, 0.6) is 5.75 Å². The van der Waals surface area contributed by atoms with Crippen LogP contribution in [0.3, 0.4) is 0 Å². The molecule has 1 aromatic carbocycles. The maximum atomic E-state index is 9.43. The van der Waals surface area contributed by atoms with E-state index in [9.17, 15) is 5.11 Å². The van der Waals surface area contributed by atoms with Gasteiger partial charge in [0.05, 0.1) is 0 Å². The van der Waals surface area contributed by atoms with Crippen LogP contribution in [0.1, 0.15) is 38.2 Å². The SMILES string of the molecule is CCCNC(CCc1cccc(O)c1)C1CC1. The lowest BCUT2D eigenvalue weighted by Gasteiger charge is -2.17. The Bertz CT molecular complexity index is 347. The van der Waals surface area contributed by atoms with Gasteiger partial charge in [0.25, 0.3) is 0 Å². The van der Waals surface area contributed by atoms with Gasteiger partial charge < -0.3 is 10.4 Å². The molecule has 0 amide bonds. The van der Waals surface area contributed by atoms with Gasteiger partial charge in [-0.3, -0.25) is 0 Å². The molecule has 2 nitrogen and oxygen atoms in total. The molecular weight excluding hydrogens is 210 g/mol. The second-order valence-corrected chi connectivity index (χ2v) is 5.11. The third kappa shape index (κ3) is 4.04. The van der Waals surface area contributed by atoms with Gasteiger partial charge in [0.1, 0.15) is 5.75 Å². The molecule has 1 aromatic rings. The quantitative estimate of drug-likeness (QED) is 0.758. The lowest BCUT2D eigenvalue weighted by molar-refractivity contribution is 0.434. The van der Waals surface area contributed by atoms with Crippen LogP contribution in [0.15, 0.2) is 24.3 Å². The largest absolute Gasteiger partial charge is 0.508 e. The highest BCUT2D eigenvalue weighted by Gasteiger charge is 2.30. The van der Waals surface area contributed by atoms with Crippen molar-refractivity contribution in [3.63, 3.8) is 0 Å². The van der Waals surface area contributed by atoms with Gasteiger partial charge in [-0.15, -0.1) is 0 Å². The van der Waals surface area contributed by atoms with E-state index in [4.69, 9.17) is 0 Å². The summed E-state index contributed by atoms with van der Waals surface area (Å²) in [5, 5.41) is 13.1. The molecule has 1 unspecified atom stereocenters. The molecule has 2 heteroatoms. The Morgan fingerprint density at radius 2 is 2.24 bits per heavy atom. The molecule has 0 spiro atoms. The van der Waals surface area contributed by atoms with Crippen molar-refractivity contribution in [3.05, 3.63) is 29.8 Å². The molecule has 1 saturated carbocycles. The van der Waals surface area contributed by atoms with Crippen LogP contribution in [0, 0.1) is 5.92 Å². The second-order valence-electron chi connectivity index (χ2n) is 5.11. The fourth-order valence-electron chi connectivity index (χ4n) is 2.37. The maximum Gasteiger partial charge on any atom is 0.115 e. The number of hydrogen-bond acceptors (Lipinski definition) is 2. The van der Waals surface area contributed by atoms with Crippen LogP contribution in [0.2, 0.25) is 0 Å². The number of hydrogen-bond donors (Lipinski definition) is 2. The molecule has 0 aromatic heterocycles. The van der Waals surface area contributed by atoms with Gasteiger partial charge in [0.2, 0.25) is 0 Å². The molecule has 94 valence electrons. The van der Waals surface area contributed by atoms with Gasteiger partial charge >= 0.3 is 0 Å². The number of rotatable bonds is 7. The highest BCUT2D eigenvalue weighted by Crippen LogP contribution is 2.34. The molecular formula is C15H23NO. The Morgan fingerprint density at radius 3 is 2.88 bits per heavy atom. The molecule has 0 heterocycles. The van der Waals surface area contributed by atoms with E-state index in [-0.39, 0.29) is 0 Å². The Balaban J connectivity index is 1.82. The summed E-state index contributed by atoms with van der Waals surface area (Å²) in [6, 6.07) is 8.32. The smallest absolute Gasteiger partial charge is 0.115 e. The van der Waals surface area contributed by atoms with Gasteiger partial charge in [-0.1, -0.05) is 19.1 Å². The molecule has 0 radical (unpaired) electrons. The average Bonchev–Trinajstić information content (AvgIpc) is 3.13. The van der Waals surface area contributed by atoms with Crippen LogP contribution in [-0.4, -0.2) is 17.7 Å². The minimum Gasteiger partial charge on any atom is -0.508 e. The minimum atomic E-state index is 0.381. The topological polar surface area (TPSA) is 32.3 Å². The first kappa shape index (κ1) is 12.4. The number of aryl methyl sites for hydroxylation is 1. The van der Waals surface area contributed by atoms with E-state index in [0.717, 1.165) is 18.9 Å². The van der Waals surface area contributed by atoms with E-state index >= 15 is 0 Å². The minimum absolute atomic E-state index is 0.381. The van der Waals surface area contributed by atoms with Gasteiger partial charge in [-0.25, -0.2) is 0 Å². The van der Waals surface area contributed by atoms with Crippen molar-refractivity contribution in [2.24, 2.45) is 5.92 Å². The zero-order valence-corrected chi connectivity index (χ0v) is 10.7. The third-order valence-corrected chi connectivity index (χ3v) is 3.50. The van der Waals surface area contributed by atoms with Gasteiger partial charge in [0.15, 0.2) is 0 Å². The van der Waals surface area contributed by atoms with E-state index < -0.39 is 0 Å². The summed E-state index contributed by atoms with van der Waals surface area (Å²) in [6.45, 7) is 3.34. The van der Waals surface area contributed by atoms with E-state index in [0.29, 0.717) is 11.8 Å². The Hall–Kier alpha value is -1.02. The Labute approximate surface area is 104 Å². The molecule has 0 aliphatic heterocycles. The Kier molecular flexibility index (Phi) is 4.43. The standard InChI is InChI=1S/C15H23NO/c1-2-10-16-15(13-7-8-13)9-6-12-4-3-5-14(17)11-12/h3-5,11,13,15-17H,2,6-10H2,1H3. The number of benzene rings is 1. The summed E-state index contributed by atoms with van der Waals surface area (Å²) in [6.07, 6.45) is 6.23. The number of aromatic hydroxyl groups is 1. The van der Waals surface area contributed by atoms with Crippen LogP contribution in [0.25, 0.3) is 0 Å². The molecule has 1 fully saturated rings. The second kappa shape index (κ2) is 6.06. The number of phenolic OH excluding ortho intramolecular Hbond substituents is 1. The summed E-state index contributed by atoms with van der Waals surface area (Å²) in [5.74, 6) is 1.28. The molecule has 1 aliphatic rings. The van der Waals surface area contributed by atoms with E-state index in [1.54, 1.807) is 6.07 Å². The fourth-order valence-corrected chi connectivity index (χ4v) is 2.37. The van der Waals surface area contributed by atoms with Crippen LogP contribution in [0.4, 0.5) is 0 Å². The van der Waals surface area contributed by atoms with Crippen molar-refractivity contribution >= 4 is 0 Å². The predicted octanol–water partition coefficient (Wildman–Crippen LogP) is 3.10. The van der Waals surface area contributed by atoms with Crippen LogP contribution >= 0.6 is 0 Å². The third-order valence-electron chi connectivity index (χ3n) is 3.50. The first-order valence-corrected chi connectivity index (χ1v) is 6.81. The zero-order valence-electron chi connectivity index (χ0n) is 10.7. The first-order valence-electron chi connectivity index (χ1n) is 6.81. The molecule has 2 N–H and O–H groups in total. The normalized spacial score (nSPS) is 17.0. The monoisotopic (exact) mass is 233 g/mol. The van der Waals surface area contributed by atoms with Crippen molar-refractivity contribution in [2.45, 2.75) is 45.1 Å². The van der Waals surface area contributed by atoms with Crippen molar-refractivity contribution in [1.82, 2.24) is 5.32 Å². The van der Waals surface area contributed by atoms with Gasteiger partial charge in [-0.05, 0) is 62.3 Å². The Morgan fingerprint density at radius 1 is 1.41 bits per heavy atom. The fraction of sp³-hybridized carbons (Fsp3) is 0.600. The lowest BCUT2D eigenvalue weighted by Crippen LogP contribution is -2.32. The molecule has 2 rings (SSSR count). The van der Waals surface area contributed by atoms with Crippen molar-refractivity contribution in [3.8, 4) is 5.75 Å². The summed E-state index contributed by atoms with van der Waals surface area (Å²) in [5.41, 5.74) is 1.24. The highest BCUT2D eigenvalue weighted by molar-refractivity contribution is 5.27. The average molecular weight is 233 g/mol. The van der Waals surface area contributed by atoms with Crippen LogP contribution in [-0.2, 0) is 6.42 Å². The highest BCUT2D eigenvalue weighted by atomic mass is 16.3. The van der Waals surface area contributed by atoms with Crippen molar-refractivity contribution in [2.75, 3.05) is 6.54 Å². The van der Waals surface area contributed by atoms with E-state index in [2.05, 4.69) is 18.3 Å². The van der Waals surface area contributed by atoms with Crippen molar-refractivity contribution in [1.29, 1.82) is 0 Å². The maximum absolute atomic E-state index is 9.43. The molecule has 0 bridgehead atoms. The summed E-state index contributed by atoms with van der Waals surface area (Å²) >= 11 is 0. The van der Waals surface area contributed by atoms with Gasteiger partial charge in [0, 0.05) is 6.04 Å².